The predicted molar refractivity (Wildman–Crippen MR) is 113 cm³/mol. The summed E-state index contributed by atoms with van der Waals surface area (Å²) in [5.74, 6) is -1.79. The molecule has 10 nitrogen and oxygen atoms in total. The van der Waals surface area contributed by atoms with Gasteiger partial charge in [-0.25, -0.2) is 0 Å². The van der Waals surface area contributed by atoms with E-state index in [2.05, 4.69) is 10.4 Å². The van der Waals surface area contributed by atoms with Gasteiger partial charge in [0.2, 0.25) is 0 Å². The average Bonchev–Trinajstić information content (AvgIpc) is 2.96. The van der Waals surface area contributed by atoms with Gasteiger partial charge in [0, 0.05) is 37.0 Å². The van der Waals surface area contributed by atoms with Gasteiger partial charge >= 0.3 is 0 Å². The first-order valence-electron chi connectivity index (χ1n) is 8.12. The number of pyridine rings is 1. The number of benzene rings is 1. The molecule has 154 valence electrons. The topological polar surface area (TPSA) is 143 Å². The Hall–Kier alpha value is -3.64. The minimum Gasteiger partial charge on any atom is -0.481 e. The molecule has 0 bridgehead atoms. The molecular weight excluding hydrogens is 432 g/mol. The summed E-state index contributed by atoms with van der Waals surface area (Å²) >= 11 is 6.18. The van der Waals surface area contributed by atoms with Crippen LogP contribution >= 0.6 is 24.0 Å². The van der Waals surface area contributed by atoms with Crippen molar-refractivity contribution in [3.05, 3.63) is 74.9 Å². The van der Waals surface area contributed by atoms with Crippen LogP contribution in [0.5, 0.6) is 0 Å². The molecule has 1 aromatic carbocycles. The second-order valence-corrected chi connectivity index (χ2v) is 7.24. The molecule has 3 rings (SSSR count). The molecule has 0 aliphatic carbocycles. The molecule has 1 aromatic heterocycles. The summed E-state index contributed by atoms with van der Waals surface area (Å²) in [5.41, 5.74) is 3.37. The summed E-state index contributed by atoms with van der Waals surface area (Å²) in [6, 6.07) is 8.77. The van der Waals surface area contributed by atoms with Gasteiger partial charge in [-0.2, -0.15) is 5.01 Å². The number of hydrogen-bond acceptors (Lipinski definition) is 8. The number of nitrogens with zero attached hydrogens (tertiary/aromatic N) is 3. The van der Waals surface area contributed by atoms with Crippen LogP contribution in [-0.4, -0.2) is 42.1 Å². The number of carbonyl (C=O) groups is 3. The van der Waals surface area contributed by atoms with Gasteiger partial charge in [0.05, 0.1) is 9.83 Å². The van der Waals surface area contributed by atoms with Gasteiger partial charge in [-0.15, -0.1) is 0 Å². The molecule has 2 amide bonds. The largest absolute Gasteiger partial charge is 0.481 e. The molecule has 2 heterocycles. The zero-order chi connectivity index (χ0) is 22.3. The van der Waals surface area contributed by atoms with Crippen molar-refractivity contribution in [1.82, 2.24) is 15.4 Å². The van der Waals surface area contributed by atoms with Crippen molar-refractivity contribution in [2.75, 3.05) is 0 Å². The van der Waals surface area contributed by atoms with Crippen molar-refractivity contribution in [3.8, 4) is 0 Å². The van der Waals surface area contributed by atoms with Crippen LogP contribution in [0, 0.1) is 10.1 Å². The standard InChI is InChI=1S/C16H10N4O4S2.C2H4O2/c21-14(11-5-7-17-8-6-11)18-19-15(22)13(26-16(19)25)9-10-1-3-12(4-2-10)20(23)24;1-2(3)4/h1-9H,(H,18,21);1H3,(H,3,4)/b13-9-;. The maximum absolute atomic E-state index is 12.5. The first-order valence-corrected chi connectivity index (χ1v) is 9.34. The van der Waals surface area contributed by atoms with E-state index in [1.165, 1.54) is 48.8 Å². The Balaban J connectivity index is 0.000000735. The third kappa shape index (κ3) is 6.18. The van der Waals surface area contributed by atoms with Crippen LogP contribution in [0.15, 0.2) is 53.7 Å². The number of carboxylic acid groups (broad SMARTS) is 1. The Labute approximate surface area is 179 Å². The normalized spacial score (nSPS) is 14.2. The van der Waals surface area contributed by atoms with Crippen LogP contribution in [0.4, 0.5) is 5.69 Å². The molecule has 2 aromatic rings. The van der Waals surface area contributed by atoms with Gasteiger partial charge in [-0.3, -0.25) is 34.9 Å². The minimum atomic E-state index is -0.833. The number of thioether (sulfide) groups is 1. The Kier molecular flexibility index (Phi) is 7.72. The zero-order valence-electron chi connectivity index (χ0n) is 15.3. The van der Waals surface area contributed by atoms with Gasteiger partial charge in [-0.05, 0) is 48.1 Å². The number of nitro benzene ring substituents is 1. The average molecular weight is 446 g/mol. The molecule has 0 spiro atoms. The number of aromatic nitrogens is 1. The van der Waals surface area contributed by atoms with Crippen LogP contribution in [0.2, 0.25) is 0 Å². The first-order chi connectivity index (χ1) is 14.2. The third-order valence-corrected chi connectivity index (χ3v) is 4.65. The molecule has 0 saturated carbocycles. The summed E-state index contributed by atoms with van der Waals surface area (Å²) in [6.45, 7) is 1.08. The lowest BCUT2D eigenvalue weighted by Gasteiger charge is -2.15. The van der Waals surface area contributed by atoms with E-state index in [1.54, 1.807) is 6.08 Å². The Morgan fingerprint density at radius 3 is 2.33 bits per heavy atom. The number of amides is 2. The van der Waals surface area contributed by atoms with Crippen molar-refractivity contribution < 1.29 is 24.4 Å². The van der Waals surface area contributed by atoms with Crippen molar-refractivity contribution in [2.45, 2.75) is 6.92 Å². The molecular formula is C18H14N4O6S2. The molecule has 1 aliphatic rings. The number of hydrazine groups is 1. The number of thiocarbonyl (C=S) groups is 1. The van der Waals surface area contributed by atoms with Crippen LogP contribution in [0.25, 0.3) is 6.08 Å². The molecule has 1 fully saturated rings. The van der Waals surface area contributed by atoms with E-state index < -0.39 is 22.7 Å². The molecule has 1 saturated heterocycles. The maximum atomic E-state index is 12.5. The number of non-ortho nitro benzene ring substituents is 1. The summed E-state index contributed by atoms with van der Waals surface area (Å²) in [7, 11) is 0. The number of aliphatic carboxylic acids is 1. The fraction of sp³-hybridized carbons (Fsp3) is 0.0556. The second kappa shape index (κ2) is 10.2. The van der Waals surface area contributed by atoms with Gasteiger partial charge in [0.25, 0.3) is 23.5 Å². The third-order valence-electron chi connectivity index (χ3n) is 3.35. The second-order valence-electron chi connectivity index (χ2n) is 5.56. The fourth-order valence-electron chi connectivity index (χ4n) is 2.08. The number of rotatable bonds is 4. The first kappa shape index (κ1) is 22.6. The van der Waals surface area contributed by atoms with Crippen LogP contribution < -0.4 is 5.43 Å². The zero-order valence-corrected chi connectivity index (χ0v) is 17.0. The van der Waals surface area contributed by atoms with E-state index in [9.17, 15) is 19.7 Å². The highest BCUT2D eigenvalue weighted by Crippen LogP contribution is 2.31. The number of carbonyl (C=O) groups excluding carboxylic acids is 2. The highest BCUT2D eigenvalue weighted by Gasteiger charge is 2.33. The lowest BCUT2D eigenvalue weighted by molar-refractivity contribution is -0.384. The Morgan fingerprint density at radius 2 is 1.80 bits per heavy atom. The summed E-state index contributed by atoms with van der Waals surface area (Å²) in [6.07, 6.45) is 4.49. The number of hydrogen-bond donors (Lipinski definition) is 2. The van der Waals surface area contributed by atoms with Crippen molar-refractivity contribution in [2.24, 2.45) is 0 Å². The number of nitrogens with one attached hydrogen (secondary N) is 1. The van der Waals surface area contributed by atoms with Gasteiger partial charge in [0.15, 0.2) is 4.32 Å². The van der Waals surface area contributed by atoms with E-state index in [-0.39, 0.29) is 10.0 Å². The fourth-order valence-corrected chi connectivity index (χ4v) is 3.26. The highest BCUT2D eigenvalue weighted by molar-refractivity contribution is 8.26. The molecule has 30 heavy (non-hydrogen) atoms. The van der Waals surface area contributed by atoms with Crippen LogP contribution in [0.1, 0.15) is 22.8 Å². The number of carboxylic acids is 1. The molecule has 1 aliphatic heterocycles. The van der Waals surface area contributed by atoms with E-state index in [1.807, 2.05) is 0 Å². The van der Waals surface area contributed by atoms with E-state index in [4.69, 9.17) is 22.1 Å². The van der Waals surface area contributed by atoms with Gasteiger partial charge in [-0.1, -0.05) is 11.8 Å². The molecule has 0 radical (unpaired) electrons. The lowest BCUT2D eigenvalue weighted by atomic mass is 10.2. The quantitative estimate of drug-likeness (QED) is 0.313. The molecule has 0 atom stereocenters. The van der Waals surface area contributed by atoms with Gasteiger partial charge in [0.1, 0.15) is 0 Å². The maximum Gasteiger partial charge on any atom is 0.300 e. The Bertz CT molecular complexity index is 1020. The lowest BCUT2D eigenvalue weighted by Crippen LogP contribution is -2.44. The molecule has 12 heteroatoms. The SMILES string of the molecule is CC(=O)O.O=C(NN1C(=O)/C(=C/c2ccc([N+](=O)[O-])cc2)SC1=S)c1ccncc1. The minimum absolute atomic E-state index is 0.0423. The van der Waals surface area contributed by atoms with E-state index in [0.29, 0.717) is 16.0 Å². The summed E-state index contributed by atoms with van der Waals surface area (Å²) in [5, 5.41) is 19.1. The van der Waals surface area contributed by atoms with Crippen molar-refractivity contribution >= 4 is 57.8 Å². The molecule has 2 N–H and O–H groups in total. The predicted octanol–water partition coefficient (Wildman–Crippen LogP) is 2.63. The van der Waals surface area contributed by atoms with Crippen LogP contribution in [0.3, 0.4) is 0 Å². The Morgan fingerprint density at radius 1 is 1.23 bits per heavy atom. The smallest absolute Gasteiger partial charge is 0.300 e. The van der Waals surface area contributed by atoms with Crippen molar-refractivity contribution in [1.29, 1.82) is 0 Å². The summed E-state index contributed by atoms with van der Waals surface area (Å²) < 4.78 is 0.186. The summed E-state index contributed by atoms with van der Waals surface area (Å²) in [4.78, 5) is 48.0. The van der Waals surface area contributed by atoms with E-state index >= 15 is 0 Å². The molecule has 0 unspecified atom stereocenters. The monoisotopic (exact) mass is 446 g/mol. The van der Waals surface area contributed by atoms with Crippen LogP contribution in [-0.2, 0) is 9.59 Å². The van der Waals surface area contributed by atoms with Crippen molar-refractivity contribution in [3.63, 3.8) is 0 Å². The number of nitro groups is 1. The van der Waals surface area contributed by atoms with E-state index in [0.717, 1.165) is 23.7 Å². The van der Waals surface area contributed by atoms with Gasteiger partial charge < -0.3 is 5.11 Å². The highest BCUT2D eigenvalue weighted by atomic mass is 32.2.